The molecule has 0 aromatic heterocycles. The van der Waals surface area contributed by atoms with Crippen LogP contribution >= 0.6 is 10.7 Å². The summed E-state index contributed by atoms with van der Waals surface area (Å²) in [5, 5.41) is 9.80. The van der Waals surface area contributed by atoms with Crippen molar-refractivity contribution >= 4 is 19.7 Å². The molecule has 0 aromatic carbocycles. The van der Waals surface area contributed by atoms with E-state index in [0.29, 0.717) is 12.8 Å². The molecule has 1 atom stereocenters. The fourth-order valence-electron chi connectivity index (χ4n) is 1.35. The van der Waals surface area contributed by atoms with Gasteiger partial charge in [-0.3, -0.25) is 0 Å². The van der Waals surface area contributed by atoms with E-state index < -0.39 is 19.9 Å². The fourth-order valence-corrected chi connectivity index (χ4v) is 2.94. The molecule has 14 heavy (non-hydrogen) atoms. The third-order valence-corrected chi connectivity index (χ3v) is 5.48. The molecule has 0 aromatic rings. The summed E-state index contributed by atoms with van der Waals surface area (Å²) in [7, 11) is 1.81. The summed E-state index contributed by atoms with van der Waals surface area (Å²) < 4.78 is 21.6. The van der Waals surface area contributed by atoms with Gasteiger partial charge in [-0.15, -0.1) is 0 Å². The largest absolute Gasteiger partial charge is 0.393 e. The van der Waals surface area contributed by atoms with Gasteiger partial charge in [-0.25, -0.2) is 8.42 Å². The Morgan fingerprint density at radius 2 is 1.86 bits per heavy atom. The molecule has 0 spiro atoms. The van der Waals surface area contributed by atoms with E-state index in [9.17, 15) is 13.5 Å². The van der Waals surface area contributed by atoms with E-state index in [1.165, 1.54) is 0 Å². The first-order chi connectivity index (χ1) is 6.08. The monoisotopic (exact) mass is 240 g/mol. The lowest BCUT2D eigenvalue weighted by Gasteiger charge is -2.28. The van der Waals surface area contributed by atoms with Crippen LogP contribution in [0.4, 0.5) is 0 Å². The average molecular weight is 241 g/mol. The van der Waals surface area contributed by atoms with Crippen molar-refractivity contribution in [1.29, 1.82) is 0 Å². The van der Waals surface area contributed by atoms with Gasteiger partial charge < -0.3 is 5.11 Å². The maximum atomic E-state index is 11.2. The highest BCUT2D eigenvalue weighted by Gasteiger charge is 2.55. The first kappa shape index (κ1) is 12.3. The third-order valence-electron chi connectivity index (χ3n) is 2.89. The number of halogens is 1. The third kappa shape index (κ3) is 2.41. The molecule has 1 aliphatic carbocycles. The fraction of sp³-hybridized carbons (Fsp3) is 1.00. The van der Waals surface area contributed by atoms with E-state index in [4.69, 9.17) is 10.7 Å². The number of aliphatic hydroxyl groups is 1. The number of hydrogen-bond acceptors (Lipinski definition) is 3. The molecular formula is C9H17ClO3S. The average Bonchev–Trinajstić information content (AvgIpc) is 2.64. The van der Waals surface area contributed by atoms with Crippen LogP contribution in [0.25, 0.3) is 0 Å². The summed E-state index contributed by atoms with van der Waals surface area (Å²) in [4.78, 5) is 0. The minimum atomic E-state index is -3.53. The molecule has 1 saturated carbocycles. The summed E-state index contributed by atoms with van der Waals surface area (Å²) in [6, 6.07) is 0. The van der Waals surface area contributed by atoms with Crippen molar-refractivity contribution in [3.8, 4) is 0 Å². The Morgan fingerprint density at radius 3 is 2.07 bits per heavy atom. The molecule has 1 aliphatic rings. The zero-order valence-electron chi connectivity index (χ0n) is 8.75. The van der Waals surface area contributed by atoms with E-state index in [1.54, 1.807) is 0 Å². The standard InChI is InChI=1S/C9H17ClO3S/c1-8(2,3)7(11)6-9(4-5-9)14(10,12)13/h7,11H,4-6H2,1-3H3. The molecule has 0 radical (unpaired) electrons. The van der Waals surface area contributed by atoms with Crippen LogP contribution in [0, 0.1) is 5.41 Å². The minimum absolute atomic E-state index is 0.252. The molecule has 1 N–H and O–H groups in total. The van der Waals surface area contributed by atoms with E-state index in [0.717, 1.165) is 0 Å². The van der Waals surface area contributed by atoms with Crippen LogP contribution in [0.5, 0.6) is 0 Å². The highest BCUT2D eigenvalue weighted by molar-refractivity contribution is 8.15. The highest BCUT2D eigenvalue weighted by atomic mass is 35.7. The second-order valence-corrected chi connectivity index (χ2v) is 8.17. The summed E-state index contributed by atoms with van der Waals surface area (Å²) in [5.41, 5.74) is -0.294. The zero-order valence-corrected chi connectivity index (χ0v) is 10.3. The van der Waals surface area contributed by atoms with E-state index >= 15 is 0 Å². The van der Waals surface area contributed by atoms with Gasteiger partial charge in [-0.05, 0) is 24.7 Å². The second kappa shape index (κ2) is 3.35. The quantitative estimate of drug-likeness (QED) is 0.767. The SMILES string of the molecule is CC(C)(C)C(O)CC1(S(=O)(=O)Cl)CC1. The van der Waals surface area contributed by atoms with Crippen molar-refractivity contribution in [2.75, 3.05) is 0 Å². The molecule has 5 heteroatoms. The highest BCUT2D eigenvalue weighted by Crippen LogP contribution is 2.50. The molecular weight excluding hydrogens is 224 g/mol. The molecule has 0 amide bonds. The van der Waals surface area contributed by atoms with Gasteiger partial charge >= 0.3 is 0 Å². The van der Waals surface area contributed by atoms with E-state index in [2.05, 4.69) is 0 Å². The van der Waals surface area contributed by atoms with Crippen molar-refractivity contribution in [2.45, 2.75) is 50.9 Å². The van der Waals surface area contributed by atoms with Crippen molar-refractivity contribution in [1.82, 2.24) is 0 Å². The molecule has 84 valence electrons. The lowest BCUT2D eigenvalue weighted by atomic mass is 9.86. The summed E-state index contributed by atoms with van der Waals surface area (Å²) in [6.45, 7) is 5.65. The Labute approximate surface area is 89.9 Å². The van der Waals surface area contributed by atoms with Gasteiger partial charge in [-0.2, -0.15) is 0 Å². The lowest BCUT2D eigenvalue weighted by Crippen LogP contribution is -2.33. The summed E-state index contributed by atoms with van der Waals surface area (Å²) in [6.07, 6.45) is 0.777. The number of hydrogen-bond donors (Lipinski definition) is 1. The minimum Gasteiger partial charge on any atom is -0.393 e. The summed E-state index contributed by atoms with van der Waals surface area (Å²) in [5.74, 6) is 0. The van der Waals surface area contributed by atoms with Gasteiger partial charge in [0.25, 0.3) is 0 Å². The van der Waals surface area contributed by atoms with Gasteiger partial charge in [0.15, 0.2) is 0 Å². The summed E-state index contributed by atoms with van der Waals surface area (Å²) >= 11 is 0. The van der Waals surface area contributed by atoms with Gasteiger partial charge in [0.2, 0.25) is 9.05 Å². The Morgan fingerprint density at radius 1 is 1.43 bits per heavy atom. The van der Waals surface area contributed by atoms with Gasteiger partial charge in [0, 0.05) is 10.7 Å². The number of rotatable bonds is 3. The molecule has 1 fully saturated rings. The van der Waals surface area contributed by atoms with Crippen molar-refractivity contribution in [2.24, 2.45) is 5.41 Å². The predicted octanol–water partition coefficient (Wildman–Crippen LogP) is 1.88. The molecule has 1 rings (SSSR count). The predicted molar refractivity (Wildman–Crippen MR) is 56.8 cm³/mol. The Kier molecular flexibility index (Phi) is 2.94. The van der Waals surface area contributed by atoms with Crippen LogP contribution in [0.15, 0.2) is 0 Å². The van der Waals surface area contributed by atoms with E-state index in [-0.39, 0.29) is 11.8 Å². The normalized spacial score (nSPS) is 23.2. The molecule has 1 unspecified atom stereocenters. The zero-order chi connectivity index (χ0) is 11.2. The van der Waals surface area contributed by atoms with Crippen molar-refractivity contribution in [3.63, 3.8) is 0 Å². The molecule has 0 heterocycles. The second-order valence-electron chi connectivity index (χ2n) is 5.21. The van der Waals surface area contributed by atoms with Crippen LogP contribution < -0.4 is 0 Å². The van der Waals surface area contributed by atoms with Crippen LogP contribution in [0.2, 0.25) is 0 Å². The topological polar surface area (TPSA) is 54.4 Å². The molecule has 0 aliphatic heterocycles. The van der Waals surface area contributed by atoms with Crippen LogP contribution in [-0.4, -0.2) is 24.4 Å². The molecule has 0 saturated heterocycles. The van der Waals surface area contributed by atoms with Crippen LogP contribution in [0.1, 0.15) is 40.0 Å². The van der Waals surface area contributed by atoms with Gasteiger partial charge in [-0.1, -0.05) is 20.8 Å². The Bertz CT molecular complexity index is 311. The maximum Gasteiger partial charge on any atom is 0.238 e. The Balaban J connectivity index is 2.71. The van der Waals surface area contributed by atoms with Crippen LogP contribution in [0.3, 0.4) is 0 Å². The van der Waals surface area contributed by atoms with Crippen molar-refractivity contribution in [3.05, 3.63) is 0 Å². The smallest absolute Gasteiger partial charge is 0.238 e. The van der Waals surface area contributed by atoms with Gasteiger partial charge in [0.1, 0.15) is 0 Å². The lowest BCUT2D eigenvalue weighted by molar-refractivity contribution is 0.0532. The first-order valence-corrected chi connectivity index (χ1v) is 7.02. The first-order valence-electron chi connectivity index (χ1n) is 4.71. The molecule has 0 bridgehead atoms. The maximum absolute atomic E-state index is 11.2. The Hall–Kier alpha value is 0.200. The van der Waals surface area contributed by atoms with E-state index in [1.807, 2.05) is 20.8 Å². The molecule has 3 nitrogen and oxygen atoms in total. The van der Waals surface area contributed by atoms with Gasteiger partial charge in [0.05, 0.1) is 10.9 Å². The van der Waals surface area contributed by atoms with Crippen LogP contribution in [-0.2, 0) is 9.05 Å². The van der Waals surface area contributed by atoms with Crippen molar-refractivity contribution < 1.29 is 13.5 Å². The number of aliphatic hydroxyl groups excluding tert-OH is 1.